The molecule has 0 saturated carbocycles. The zero-order chi connectivity index (χ0) is 13.4. The average molecular weight is 250 g/mol. The van der Waals surface area contributed by atoms with E-state index < -0.39 is 0 Å². The molecule has 0 amide bonds. The van der Waals surface area contributed by atoms with Crippen LogP contribution in [0, 0.1) is 5.92 Å². The predicted octanol–water partition coefficient (Wildman–Crippen LogP) is 2.15. The molecule has 0 bridgehead atoms. The van der Waals surface area contributed by atoms with Gasteiger partial charge >= 0.3 is 0 Å². The first-order valence-corrected chi connectivity index (χ1v) is 6.78. The van der Waals surface area contributed by atoms with Gasteiger partial charge in [-0.05, 0) is 49.7 Å². The number of hydrogen-bond donors (Lipinski definition) is 1. The first kappa shape index (κ1) is 15.0. The number of rotatable bonds is 8. The molecule has 1 aromatic carbocycles. The van der Waals surface area contributed by atoms with Crippen LogP contribution in [0.3, 0.4) is 0 Å². The summed E-state index contributed by atoms with van der Waals surface area (Å²) in [5, 5.41) is 0. The highest BCUT2D eigenvalue weighted by Crippen LogP contribution is 2.16. The molecule has 0 aliphatic heterocycles. The van der Waals surface area contributed by atoms with E-state index in [4.69, 9.17) is 10.5 Å². The highest BCUT2D eigenvalue weighted by Gasteiger charge is 2.11. The highest BCUT2D eigenvalue weighted by atomic mass is 16.5. The van der Waals surface area contributed by atoms with Crippen molar-refractivity contribution >= 4 is 0 Å². The summed E-state index contributed by atoms with van der Waals surface area (Å²) in [7, 11) is 1.70. The Morgan fingerprint density at radius 3 is 2.56 bits per heavy atom. The second-order valence-electron chi connectivity index (χ2n) is 4.64. The number of nitrogens with zero attached hydrogens (tertiary/aromatic N) is 1. The van der Waals surface area contributed by atoms with Crippen molar-refractivity contribution in [1.29, 1.82) is 0 Å². The Balaban J connectivity index is 2.61. The molecular weight excluding hydrogens is 224 g/mol. The maximum absolute atomic E-state index is 5.89. The minimum atomic E-state index is 0.511. The van der Waals surface area contributed by atoms with Crippen molar-refractivity contribution < 1.29 is 4.74 Å². The lowest BCUT2D eigenvalue weighted by Gasteiger charge is -2.24. The Morgan fingerprint density at radius 1 is 1.28 bits per heavy atom. The van der Waals surface area contributed by atoms with Gasteiger partial charge in [-0.15, -0.1) is 0 Å². The van der Waals surface area contributed by atoms with Crippen LogP contribution in [0.5, 0.6) is 5.75 Å². The third-order valence-electron chi connectivity index (χ3n) is 3.40. The van der Waals surface area contributed by atoms with E-state index in [1.165, 1.54) is 5.56 Å². The zero-order valence-corrected chi connectivity index (χ0v) is 11.9. The van der Waals surface area contributed by atoms with Crippen LogP contribution < -0.4 is 10.5 Å². The van der Waals surface area contributed by atoms with Crippen LogP contribution in [0.1, 0.15) is 19.4 Å². The fourth-order valence-electron chi connectivity index (χ4n) is 2.20. The highest BCUT2D eigenvalue weighted by molar-refractivity contribution is 5.28. The molecule has 0 aliphatic carbocycles. The lowest BCUT2D eigenvalue weighted by atomic mass is 9.98. The quantitative estimate of drug-likeness (QED) is 0.768. The molecule has 1 aromatic rings. The van der Waals surface area contributed by atoms with E-state index in [1.807, 2.05) is 12.1 Å². The van der Waals surface area contributed by atoms with E-state index in [9.17, 15) is 0 Å². The smallest absolute Gasteiger partial charge is 0.119 e. The normalized spacial score (nSPS) is 12.7. The summed E-state index contributed by atoms with van der Waals surface area (Å²) in [5.74, 6) is 1.43. The van der Waals surface area contributed by atoms with Crippen molar-refractivity contribution in [2.75, 3.05) is 33.3 Å². The summed E-state index contributed by atoms with van der Waals surface area (Å²) in [4.78, 5) is 2.43. The monoisotopic (exact) mass is 250 g/mol. The molecule has 1 unspecified atom stereocenters. The fourth-order valence-corrected chi connectivity index (χ4v) is 2.20. The molecule has 102 valence electrons. The molecule has 0 saturated heterocycles. The summed E-state index contributed by atoms with van der Waals surface area (Å²) < 4.78 is 5.25. The van der Waals surface area contributed by atoms with Crippen LogP contribution in [0.4, 0.5) is 0 Å². The lowest BCUT2D eigenvalue weighted by molar-refractivity contribution is 0.254. The third kappa shape index (κ3) is 4.67. The van der Waals surface area contributed by atoms with Gasteiger partial charge in [0.05, 0.1) is 7.11 Å². The van der Waals surface area contributed by atoms with Crippen LogP contribution >= 0.6 is 0 Å². The molecule has 3 nitrogen and oxygen atoms in total. The maximum atomic E-state index is 5.89. The number of nitrogens with two attached hydrogens (primary N) is 1. The summed E-state index contributed by atoms with van der Waals surface area (Å²) in [5.41, 5.74) is 7.19. The van der Waals surface area contributed by atoms with Crippen LogP contribution in [0.15, 0.2) is 24.3 Å². The number of benzene rings is 1. The first-order valence-electron chi connectivity index (χ1n) is 6.78. The van der Waals surface area contributed by atoms with E-state index in [1.54, 1.807) is 7.11 Å². The minimum Gasteiger partial charge on any atom is -0.497 e. The van der Waals surface area contributed by atoms with Crippen molar-refractivity contribution in [3.05, 3.63) is 29.8 Å². The van der Waals surface area contributed by atoms with Gasteiger partial charge in [0.25, 0.3) is 0 Å². The molecule has 1 atom stereocenters. The molecule has 0 radical (unpaired) electrons. The standard InChI is InChI=1S/C15H26N2O/c1-4-17(5-2)12-14(11-16)9-13-7-6-8-15(10-13)18-3/h6-8,10,14H,4-5,9,11-12,16H2,1-3H3. The summed E-state index contributed by atoms with van der Waals surface area (Å²) in [6.07, 6.45) is 1.02. The van der Waals surface area contributed by atoms with Gasteiger partial charge in [-0.2, -0.15) is 0 Å². The molecule has 1 rings (SSSR count). The Hall–Kier alpha value is -1.06. The molecular formula is C15H26N2O. The second-order valence-corrected chi connectivity index (χ2v) is 4.64. The van der Waals surface area contributed by atoms with Crippen molar-refractivity contribution in [1.82, 2.24) is 4.90 Å². The Morgan fingerprint density at radius 2 is 2.00 bits per heavy atom. The summed E-state index contributed by atoms with van der Waals surface area (Å²) >= 11 is 0. The predicted molar refractivity (Wildman–Crippen MR) is 77.0 cm³/mol. The number of methoxy groups -OCH3 is 1. The van der Waals surface area contributed by atoms with Gasteiger partial charge in [-0.1, -0.05) is 26.0 Å². The number of ether oxygens (including phenoxy) is 1. The fraction of sp³-hybridized carbons (Fsp3) is 0.600. The van der Waals surface area contributed by atoms with Crippen LogP contribution in [0.25, 0.3) is 0 Å². The molecule has 0 aliphatic rings. The lowest BCUT2D eigenvalue weighted by Crippen LogP contribution is -2.33. The molecule has 0 heterocycles. The molecule has 0 aromatic heterocycles. The SMILES string of the molecule is CCN(CC)CC(CN)Cc1cccc(OC)c1. The van der Waals surface area contributed by atoms with E-state index in [0.717, 1.165) is 38.3 Å². The third-order valence-corrected chi connectivity index (χ3v) is 3.40. The van der Waals surface area contributed by atoms with Crippen LogP contribution in [-0.4, -0.2) is 38.2 Å². The van der Waals surface area contributed by atoms with Gasteiger partial charge in [0.2, 0.25) is 0 Å². The first-order chi connectivity index (χ1) is 8.73. The average Bonchev–Trinajstić information content (AvgIpc) is 2.43. The molecule has 0 fully saturated rings. The molecule has 2 N–H and O–H groups in total. The topological polar surface area (TPSA) is 38.5 Å². The van der Waals surface area contributed by atoms with Gasteiger partial charge in [-0.3, -0.25) is 0 Å². The van der Waals surface area contributed by atoms with Gasteiger partial charge in [0, 0.05) is 6.54 Å². The van der Waals surface area contributed by atoms with Crippen LogP contribution in [-0.2, 0) is 6.42 Å². The van der Waals surface area contributed by atoms with Gasteiger partial charge in [0.15, 0.2) is 0 Å². The van der Waals surface area contributed by atoms with E-state index >= 15 is 0 Å². The van der Waals surface area contributed by atoms with Crippen molar-refractivity contribution in [2.45, 2.75) is 20.3 Å². The Kier molecular flexibility index (Phi) is 6.76. The number of hydrogen-bond acceptors (Lipinski definition) is 3. The molecule has 3 heteroatoms. The largest absolute Gasteiger partial charge is 0.497 e. The van der Waals surface area contributed by atoms with Crippen molar-refractivity contribution in [3.8, 4) is 5.75 Å². The second kappa shape index (κ2) is 8.11. The van der Waals surface area contributed by atoms with E-state index in [-0.39, 0.29) is 0 Å². The summed E-state index contributed by atoms with van der Waals surface area (Å²) in [6.45, 7) is 8.37. The van der Waals surface area contributed by atoms with Gasteiger partial charge in [-0.25, -0.2) is 0 Å². The molecule has 0 spiro atoms. The maximum Gasteiger partial charge on any atom is 0.119 e. The van der Waals surface area contributed by atoms with E-state index in [2.05, 4.69) is 30.9 Å². The van der Waals surface area contributed by atoms with Crippen LogP contribution in [0.2, 0.25) is 0 Å². The summed E-state index contributed by atoms with van der Waals surface area (Å²) in [6, 6.07) is 8.27. The van der Waals surface area contributed by atoms with Gasteiger partial charge < -0.3 is 15.4 Å². The zero-order valence-electron chi connectivity index (χ0n) is 11.9. The Bertz CT molecular complexity index is 337. The van der Waals surface area contributed by atoms with Crippen molar-refractivity contribution in [3.63, 3.8) is 0 Å². The minimum absolute atomic E-state index is 0.511. The Labute approximate surface area is 111 Å². The van der Waals surface area contributed by atoms with Crippen molar-refractivity contribution in [2.24, 2.45) is 11.7 Å². The van der Waals surface area contributed by atoms with Gasteiger partial charge in [0.1, 0.15) is 5.75 Å². The molecule has 18 heavy (non-hydrogen) atoms. The van der Waals surface area contributed by atoms with E-state index in [0.29, 0.717) is 5.92 Å².